The quantitative estimate of drug-likeness (QED) is 0.806. The highest BCUT2D eigenvalue weighted by Crippen LogP contribution is 2.34. The van der Waals surface area contributed by atoms with Crippen LogP contribution in [0.1, 0.15) is 44.1 Å². The van der Waals surface area contributed by atoms with Crippen molar-refractivity contribution in [2.75, 3.05) is 0 Å². The van der Waals surface area contributed by atoms with E-state index in [0.717, 1.165) is 35.3 Å². The summed E-state index contributed by atoms with van der Waals surface area (Å²) in [5.74, 6) is 0.144. The van der Waals surface area contributed by atoms with E-state index in [0.29, 0.717) is 12.5 Å². The van der Waals surface area contributed by atoms with Crippen molar-refractivity contribution in [3.05, 3.63) is 54.1 Å². The first kappa shape index (κ1) is 16.6. The minimum absolute atomic E-state index is 0.150. The summed E-state index contributed by atoms with van der Waals surface area (Å²) in [7, 11) is 0. The van der Waals surface area contributed by atoms with E-state index in [4.69, 9.17) is 9.84 Å². The fraction of sp³-hybridized carbons (Fsp3) is 0.381. The van der Waals surface area contributed by atoms with Gasteiger partial charge in [0.25, 0.3) is 0 Å². The molecule has 2 aromatic rings. The number of aliphatic carboxylic acids is 1. The van der Waals surface area contributed by atoms with E-state index in [2.05, 4.69) is 18.2 Å². The summed E-state index contributed by atoms with van der Waals surface area (Å²) in [6.07, 6.45) is 7.01. The van der Waals surface area contributed by atoms with Gasteiger partial charge in [-0.25, -0.2) is 0 Å². The van der Waals surface area contributed by atoms with E-state index < -0.39 is 5.97 Å². The zero-order chi connectivity index (χ0) is 16.8. The maximum atomic E-state index is 10.8. The van der Waals surface area contributed by atoms with Gasteiger partial charge in [0, 0.05) is 12.0 Å². The highest BCUT2D eigenvalue weighted by Gasteiger charge is 2.17. The molecule has 24 heavy (non-hydrogen) atoms. The summed E-state index contributed by atoms with van der Waals surface area (Å²) in [6.45, 7) is 0. The van der Waals surface area contributed by atoms with Crippen molar-refractivity contribution in [3.8, 4) is 16.9 Å². The van der Waals surface area contributed by atoms with Crippen molar-refractivity contribution >= 4 is 5.97 Å². The van der Waals surface area contributed by atoms with Crippen LogP contribution in [0.5, 0.6) is 5.75 Å². The monoisotopic (exact) mass is 324 g/mol. The third-order valence-electron chi connectivity index (χ3n) is 4.60. The van der Waals surface area contributed by atoms with Gasteiger partial charge in [0.05, 0.1) is 6.10 Å². The average molecular weight is 324 g/mol. The van der Waals surface area contributed by atoms with Crippen LogP contribution in [0, 0.1) is 0 Å². The van der Waals surface area contributed by atoms with Crippen LogP contribution >= 0.6 is 0 Å². The van der Waals surface area contributed by atoms with Gasteiger partial charge >= 0.3 is 5.97 Å². The molecule has 0 unspecified atom stereocenters. The Hall–Kier alpha value is -2.29. The van der Waals surface area contributed by atoms with Crippen LogP contribution < -0.4 is 4.74 Å². The van der Waals surface area contributed by atoms with Crippen LogP contribution in [-0.2, 0) is 11.2 Å². The number of rotatable bonds is 6. The molecule has 0 aliphatic heterocycles. The van der Waals surface area contributed by atoms with Gasteiger partial charge in [-0.3, -0.25) is 4.79 Å². The van der Waals surface area contributed by atoms with E-state index >= 15 is 0 Å². The number of ether oxygens (including phenoxy) is 1. The minimum Gasteiger partial charge on any atom is -0.490 e. The summed E-state index contributed by atoms with van der Waals surface area (Å²) in [4.78, 5) is 10.8. The standard InChI is InChI=1S/C21H24O3/c22-21(23)14-12-16-11-13-20(24-18-9-5-2-6-10-18)19(15-16)17-7-3-1-4-8-17/h1,3-4,7-8,11,13,15,18H,2,5-6,9-10,12,14H2,(H,22,23). The Morgan fingerprint density at radius 3 is 2.50 bits per heavy atom. The molecule has 0 saturated heterocycles. The second-order valence-corrected chi connectivity index (χ2v) is 6.47. The van der Waals surface area contributed by atoms with Gasteiger partial charge in [-0.2, -0.15) is 0 Å². The number of benzene rings is 2. The third-order valence-corrected chi connectivity index (χ3v) is 4.60. The lowest BCUT2D eigenvalue weighted by atomic mass is 9.96. The number of carboxylic acids is 1. The minimum atomic E-state index is -0.765. The van der Waals surface area contributed by atoms with Crippen LogP contribution in [0.25, 0.3) is 11.1 Å². The lowest BCUT2D eigenvalue weighted by Crippen LogP contribution is -2.20. The second kappa shape index (κ2) is 8.00. The number of aryl methyl sites for hydroxylation is 1. The highest BCUT2D eigenvalue weighted by molar-refractivity contribution is 5.72. The molecule has 0 amide bonds. The van der Waals surface area contributed by atoms with Gasteiger partial charge in [0.1, 0.15) is 5.75 Å². The van der Waals surface area contributed by atoms with Crippen molar-refractivity contribution in [1.82, 2.24) is 0 Å². The lowest BCUT2D eigenvalue weighted by Gasteiger charge is -2.24. The zero-order valence-electron chi connectivity index (χ0n) is 13.9. The topological polar surface area (TPSA) is 46.5 Å². The molecular weight excluding hydrogens is 300 g/mol. The maximum absolute atomic E-state index is 10.8. The fourth-order valence-electron chi connectivity index (χ4n) is 3.29. The molecule has 0 heterocycles. The average Bonchev–Trinajstić information content (AvgIpc) is 2.62. The van der Waals surface area contributed by atoms with E-state index in [1.165, 1.54) is 19.3 Å². The van der Waals surface area contributed by atoms with E-state index in [1.54, 1.807) is 0 Å². The van der Waals surface area contributed by atoms with Gasteiger partial charge in [-0.05, 0) is 55.4 Å². The molecule has 0 spiro atoms. The Bertz CT molecular complexity index is 673. The van der Waals surface area contributed by atoms with Crippen LogP contribution in [0.15, 0.2) is 48.5 Å². The Kier molecular flexibility index (Phi) is 5.52. The Morgan fingerprint density at radius 1 is 1.04 bits per heavy atom. The van der Waals surface area contributed by atoms with Crippen LogP contribution in [0.2, 0.25) is 0 Å². The number of carboxylic acid groups (broad SMARTS) is 1. The number of carbonyl (C=O) groups is 1. The Morgan fingerprint density at radius 2 is 1.79 bits per heavy atom. The number of hydrogen-bond acceptors (Lipinski definition) is 2. The van der Waals surface area contributed by atoms with Crippen LogP contribution in [0.3, 0.4) is 0 Å². The predicted molar refractivity (Wildman–Crippen MR) is 95.3 cm³/mol. The zero-order valence-corrected chi connectivity index (χ0v) is 13.9. The lowest BCUT2D eigenvalue weighted by molar-refractivity contribution is -0.136. The molecule has 1 aliphatic rings. The summed E-state index contributed by atoms with van der Waals surface area (Å²) in [6, 6.07) is 16.3. The first-order valence-electron chi connectivity index (χ1n) is 8.79. The first-order chi connectivity index (χ1) is 11.7. The van der Waals surface area contributed by atoms with Crippen LogP contribution in [-0.4, -0.2) is 17.2 Å². The largest absolute Gasteiger partial charge is 0.490 e. The van der Waals surface area contributed by atoms with Crippen LogP contribution in [0.4, 0.5) is 0 Å². The normalized spacial score (nSPS) is 15.2. The second-order valence-electron chi connectivity index (χ2n) is 6.47. The summed E-state index contributed by atoms with van der Waals surface area (Å²) >= 11 is 0. The van der Waals surface area contributed by atoms with Crippen molar-refractivity contribution in [1.29, 1.82) is 0 Å². The summed E-state index contributed by atoms with van der Waals surface area (Å²) in [5.41, 5.74) is 3.21. The third kappa shape index (κ3) is 4.38. The highest BCUT2D eigenvalue weighted by atomic mass is 16.5. The smallest absolute Gasteiger partial charge is 0.303 e. The molecule has 1 aliphatic carbocycles. The first-order valence-corrected chi connectivity index (χ1v) is 8.79. The maximum Gasteiger partial charge on any atom is 0.303 e. The van der Waals surface area contributed by atoms with Gasteiger partial charge in [0.2, 0.25) is 0 Å². The van der Waals surface area contributed by atoms with E-state index in [1.807, 2.05) is 30.3 Å². The van der Waals surface area contributed by atoms with E-state index in [-0.39, 0.29) is 6.42 Å². The molecule has 0 bridgehead atoms. The number of hydrogen-bond donors (Lipinski definition) is 1. The SMILES string of the molecule is O=C(O)CCc1ccc(OC2CCCCC2)c(-c2ccccc2)c1. The molecule has 0 radical (unpaired) electrons. The van der Waals surface area contributed by atoms with Crippen molar-refractivity contribution in [3.63, 3.8) is 0 Å². The van der Waals surface area contributed by atoms with Crippen molar-refractivity contribution < 1.29 is 14.6 Å². The van der Waals surface area contributed by atoms with Crippen molar-refractivity contribution in [2.45, 2.75) is 51.0 Å². The van der Waals surface area contributed by atoms with Gasteiger partial charge < -0.3 is 9.84 Å². The van der Waals surface area contributed by atoms with Gasteiger partial charge in [0.15, 0.2) is 0 Å². The Labute approximate surface area is 143 Å². The molecule has 1 fully saturated rings. The predicted octanol–water partition coefficient (Wildman–Crippen LogP) is 5.08. The molecule has 1 saturated carbocycles. The molecule has 0 atom stereocenters. The molecule has 3 rings (SSSR count). The Balaban J connectivity index is 1.87. The fourth-order valence-corrected chi connectivity index (χ4v) is 3.29. The molecule has 2 aromatic carbocycles. The van der Waals surface area contributed by atoms with Crippen molar-refractivity contribution in [2.24, 2.45) is 0 Å². The van der Waals surface area contributed by atoms with Gasteiger partial charge in [-0.1, -0.05) is 42.8 Å². The van der Waals surface area contributed by atoms with Gasteiger partial charge in [-0.15, -0.1) is 0 Å². The molecular formula is C21H24O3. The van der Waals surface area contributed by atoms with E-state index in [9.17, 15) is 4.79 Å². The molecule has 1 N–H and O–H groups in total. The summed E-state index contributed by atoms with van der Waals surface area (Å²) in [5, 5.41) is 8.91. The molecule has 3 heteroatoms. The molecule has 3 nitrogen and oxygen atoms in total. The summed E-state index contributed by atoms with van der Waals surface area (Å²) < 4.78 is 6.31. The molecule has 126 valence electrons. The molecule has 0 aromatic heterocycles.